The van der Waals surface area contributed by atoms with Crippen LogP contribution in [-0.2, 0) is 16.4 Å². The fraction of sp³-hybridized carbons (Fsp3) is 0.167. The molecule has 6 nitrogen and oxygen atoms in total. The van der Waals surface area contributed by atoms with Crippen LogP contribution in [0.3, 0.4) is 0 Å². The van der Waals surface area contributed by atoms with E-state index in [-0.39, 0.29) is 11.5 Å². The Morgan fingerprint density at radius 1 is 1.00 bits per heavy atom. The summed E-state index contributed by atoms with van der Waals surface area (Å²) in [6.45, 7) is -0.0216. The molecule has 0 aliphatic heterocycles. The van der Waals surface area contributed by atoms with Gasteiger partial charge in [-0.1, -0.05) is 53.7 Å². The molecule has 1 aromatic heterocycles. The van der Waals surface area contributed by atoms with Crippen LogP contribution in [0.4, 0.5) is 5.69 Å². The maximum atomic E-state index is 12.7. The van der Waals surface area contributed by atoms with Crippen LogP contribution in [-0.4, -0.2) is 25.3 Å². The van der Waals surface area contributed by atoms with Gasteiger partial charge in [-0.15, -0.1) is 0 Å². The van der Waals surface area contributed by atoms with Crippen LogP contribution in [0.25, 0.3) is 11.3 Å². The predicted molar refractivity (Wildman–Crippen MR) is 94.6 cm³/mol. The van der Waals surface area contributed by atoms with E-state index in [0.717, 1.165) is 5.56 Å². The van der Waals surface area contributed by atoms with Gasteiger partial charge in [0.1, 0.15) is 11.4 Å². The molecule has 0 aliphatic carbocycles. The number of hydrogen-bond acceptors (Lipinski definition) is 5. The Labute approximate surface area is 146 Å². The lowest BCUT2D eigenvalue weighted by Gasteiger charge is -2.09. The number of aromatic nitrogens is 1. The number of nitrogens with one attached hydrogen (secondary N) is 1. The third kappa shape index (κ3) is 3.89. The first-order valence-corrected chi connectivity index (χ1v) is 9.33. The first-order chi connectivity index (χ1) is 12.1. The molecular formula is C18H18N2O4S. The Morgan fingerprint density at radius 3 is 2.28 bits per heavy atom. The zero-order valence-corrected chi connectivity index (χ0v) is 14.2. The van der Waals surface area contributed by atoms with Crippen molar-refractivity contribution in [1.82, 2.24) is 5.16 Å². The molecule has 25 heavy (non-hydrogen) atoms. The summed E-state index contributed by atoms with van der Waals surface area (Å²) in [5.74, 6) is 0.396. The monoisotopic (exact) mass is 358 g/mol. The summed E-state index contributed by atoms with van der Waals surface area (Å²) in [6, 6.07) is 17.3. The Balaban J connectivity index is 2.02. The third-order valence-electron chi connectivity index (χ3n) is 3.66. The fourth-order valence-electron chi connectivity index (χ4n) is 2.43. The molecule has 0 aliphatic rings. The molecule has 3 aromatic rings. The normalized spacial score (nSPS) is 11.4. The lowest BCUT2D eigenvalue weighted by Crippen LogP contribution is -2.14. The summed E-state index contributed by atoms with van der Waals surface area (Å²) in [5.41, 5.74) is 1.48. The van der Waals surface area contributed by atoms with Gasteiger partial charge in [-0.2, -0.15) is 0 Å². The van der Waals surface area contributed by atoms with Crippen LogP contribution in [0.15, 0.2) is 70.1 Å². The Kier molecular flexibility index (Phi) is 5.16. The van der Waals surface area contributed by atoms with Crippen LogP contribution in [0, 0.1) is 0 Å². The molecule has 0 saturated carbocycles. The lowest BCUT2D eigenvalue weighted by molar-refractivity contribution is 0.280. The number of aliphatic hydroxyl groups excluding tert-OH is 1. The van der Waals surface area contributed by atoms with Crippen molar-refractivity contribution in [2.24, 2.45) is 0 Å². The molecule has 0 radical (unpaired) electrons. The van der Waals surface area contributed by atoms with Crippen LogP contribution >= 0.6 is 0 Å². The first kappa shape index (κ1) is 17.2. The highest BCUT2D eigenvalue weighted by molar-refractivity contribution is 7.92. The Hall–Kier alpha value is -2.64. The van der Waals surface area contributed by atoms with Crippen molar-refractivity contribution in [2.45, 2.75) is 17.7 Å². The standard InChI is InChI=1S/C18H18N2O4S/c21-13-7-12-16-18(17(19-24-16)14-8-3-1-4-9-14)20-25(22,23)15-10-5-2-6-11-15/h1-6,8-11,20-21H,7,12-13H2. The molecular weight excluding hydrogens is 340 g/mol. The fourth-order valence-corrected chi connectivity index (χ4v) is 3.54. The molecule has 7 heteroatoms. The lowest BCUT2D eigenvalue weighted by atomic mass is 10.1. The minimum absolute atomic E-state index is 0.0216. The van der Waals surface area contributed by atoms with Gasteiger partial charge in [0.15, 0.2) is 5.76 Å². The summed E-state index contributed by atoms with van der Waals surface area (Å²) < 4.78 is 33.3. The summed E-state index contributed by atoms with van der Waals surface area (Å²) in [4.78, 5) is 0.156. The SMILES string of the molecule is O=S(=O)(Nc1c(-c2ccccc2)noc1CCCO)c1ccccc1. The van der Waals surface area contributed by atoms with Crippen LogP contribution < -0.4 is 4.72 Å². The average molecular weight is 358 g/mol. The van der Waals surface area contributed by atoms with Crippen molar-refractivity contribution in [3.05, 3.63) is 66.4 Å². The van der Waals surface area contributed by atoms with Crippen LogP contribution in [0.5, 0.6) is 0 Å². The maximum Gasteiger partial charge on any atom is 0.262 e. The van der Waals surface area contributed by atoms with Gasteiger partial charge >= 0.3 is 0 Å². The van der Waals surface area contributed by atoms with E-state index in [0.29, 0.717) is 30.0 Å². The summed E-state index contributed by atoms with van der Waals surface area (Å²) >= 11 is 0. The number of aryl methyl sites for hydroxylation is 1. The molecule has 0 atom stereocenters. The molecule has 0 saturated heterocycles. The molecule has 3 rings (SSSR count). The van der Waals surface area contributed by atoms with E-state index in [1.54, 1.807) is 18.2 Å². The Morgan fingerprint density at radius 2 is 1.64 bits per heavy atom. The van der Waals surface area contributed by atoms with Crippen molar-refractivity contribution in [1.29, 1.82) is 0 Å². The van der Waals surface area contributed by atoms with E-state index < -0.39 is 10.0 Å². The van der Waals surface area contributed by atoms with Gasteiger partial charge in [-0.25, -0.2) is 8.42 Å². The molecule has 0 spiro atoms. The van der Waals surface area contributed by atoms with Crippen molar-refractivity contribution in [3.8, 4) is 11.3 Å². The predicted octanol–water partition coefficient (Wildman–Crippen LogP) is 3.07. The van der Waals surface area contributed by atoms with Crippen molar-refractivity contribution < 1.29 is 18.0 Å². The smallest absolute Gasteiger partial charge is 0.262 e. The Bertz CT molecular complexity index is 922. The van der Waals surface area contributed by atoms with E-state index in [9.17, 15) is 8.42 Å². The van der Waals surface area contributed by atoms with Crippen molar-refractivity contribution >= 4 is 15.7 Å². The van der Waals surface area contributed by atoms with E-state index >= 15 is 0 Å². The molecule has 1 heterocycles. The van der Waals surface area contributed by atoms with Gasteiger partial charge < -0.3 is 9.63 Å². The van der Waals surface area contributed by atoms with Gasteiger partial charge in [0.2, 0.25) is 0 Å². The summed E-state index contributed by atoms with van der Waals surface area (Å²) in [6.07, 6.45) is 0.826. The largest absolute Gasteiger partial charge is 0.396 e. The summed E-state index contributed by atoms with van der Waals surface area (Å²) in [7, 11) is -3.77. The van der Waals surface area contributed by atoms with E-state index in [1.807, 2.05) is 30.3 Å². The third-order valence-corrected chi connectivity index (χ3v) is 5.03. The van der Waals surface area contributed by atoms with E-state index in [2.05, 4.69) is 9.88 Å². The van der Waals surface area contributed by atoms with Crippen LogP contribution in [0.2, 0.25) is 0 Å². The molecule has 0 unspecified atom stereocenters. The molecule has 0 bridgehead atoms. The highest BCUT2D eigenvalue weighted by Gasteiger charge is 2.23. The van der Waals surface area contributed by atoms with Crippen molar-refractivity contribution in [3.63, 3.8) is 0 Å². The average Bonchev–Trinajstić information content (AvgIpc) is 3.03. The molecule has 130 valence electrons. The number of sulfonamides is 1. The van der Waals surface area contributed by atoms with E-state index in [4.69, 9.17) is 9.63 Å². The van der Waals surface area contributed by atoms with Gasteiger partial charge in [0.25, 0.3) is 10.0 Å². The zero-order valence-electron chi connectivity index (χ0n) is 13.4. The topological polar surface area (TPSA) is 92.4 Å². The quantitative estimate of drug-likeness (QED) is 0.677. The second-order valence-electron chi connectivity index (χ2n) is 5.44. The second-order valence-corrected chi connectivity index (χ2v) is 7.12. The van der Waals surface area contributed by atoms with Gasteiger partial charge in [-0.05, 0) is 18.6 Å². The number of benzene rings is 2. The minimum atomic E-state index is -3.77. The first-order valence-electron chi connectivity index (χ1n) is 7.84. The maximum absolute atomic E-state index is 12.7. The second kappa shape index (κ2) is 7.50. The minimum Gasteiger partial charge on any atom is -0.396 e. The van der Waals surface area contributed by atoms with E-state index in [1.165, 1.54) is 12.1 Å². The number of anilines is 1. The number of hydrogen-bond donors (Lipinski definition) is 2. The van der Waals surface area contributed by atoms with Gasteiger partial charge in [0, 0.05) is 18.6 Å². The summed E-state index contributed by atoms with van der Waals surface area (Å²) in [5, 5.41) is 13.1. The van der Waals surface area contributed by atoms with Gasteiger partial charge in [0.05, 0.1) is 4.90 Å². The molecule has 2 N–H and O–H groups in total. The number of rotatable bonds is 7. The van der Waals surface area contributed by atoms with Crippen LogP contribution in [0.1, 0.15) is 12.2 Å². The number of aliphatic hydroxyl groups is 1. The molecule has 2 aromatic carbocycles. The van der Waals surface area contributed by atoms with Gasteiger partial charge in [-0.3, -0.25) is 4.72 Å². The molecule has 0 amide bonds. The van der Waals surface area contributed by atoms with Crippen molar-refractivity contribution in [2.75, 3.05) is 11.3 Å². The highest BCUT2D eigenvalue weighted by Crippen LogP contribution is 2.32. The molecule has 0 fully saturated rings. The highest BCUT2D eigenvalue weighted by atomic mass is 32.2. The zero-order chi connectivity index (χ0) is 17.7. The number of nitrogens with zero attached hydrogens (tertiary/aromatic N) is 1.